The normalized spacial score (nSPS) is 10.4. The summed E-state index contributed by atoms with van der Waals surface area (Å²) in [5.41, 5.74) is 1.91. The molecule has 5 heteroatoms. The molecule has 1 aromatic heterocycles. The molecule has 82 valence electrons. The van der Waals surface area contributed by atoms with Gasteiger partial charge in [-0.2, -0.15) is 5.10 Å². The van der Waals surface area contributed by atoms with Crippen LogP contribution in [0, 0.1) is 0 Å². The molecule has 2 rings (SSSR count). The van der Waals surface area contributed by atoms with Gasteiger partial charge in [0.2, 0.25) is 5.16 Å². The Kier molecular flexibility index (Phi) is 3.90. The van der Waals surface area contributed by atoms with E-state index in [1.54, 1.807) is 18.0 Å². The van der Waals surface area contributed by atoms with Gasteiger partial charge in [-0.3, -0.25) is 0 Å². The average molecular weight is 296 g/mol. The number of aromatic nitrogens is 3. The smallest absolute Gasteiger partial charge is 0.209 e. The third-order valence-corrected chi connectivity index (χ3v) is 3.20. The van der Waals surface area contributed by atoms with E-state index in [1.807, 2.05) is 24.3 Å². The second-order valence-electron chi connectivity index (χ2n) is 3.06. The molecular weight excluding hydrogens is 286 g/mol. The first kappa shape index (κ1) is 11.5. The molecule has 0 aliphatic heterocycles. The van der Waals surface area contributed by atoms with Gasteiger partial charge in [0.1, 0.15) is 0 Å². The van der Waals surface area contributed by atoms with Gasteiger partial charge < -0.3 is 0 Å². The highest BCUT2D eigenvalue weighted by Gasteiger charge is 2.02. The molecule has 2 aromatic rings. The van der Waals surface area contributed by atoms with Crippen LogP contribution in [0.3, 0.4) is 0 Å². The molecule has 0 aliphatic carbocycles. The van der Waals surface area contributed by atoms with Crippen LogP contribution in [0.4, 0.5) is 0 Å². The molecule has 0 bridgehead atoms. The zero-order valence-electron chi connectivity index (χ0n) is 8.72. The van der Waals surface area contributed by atoms with Crippen molar-refractivity contribution < 1.29 is 0 Å². The van der Waals surface area contributed by atoms with Gasteiger partial charge in [-0.25, -0.2) is 4.98 Å². The lowest BCUT2D eigenvalue weighted by molar-refractivity contribution is 0.844. The first-order chi connectivity index (χ1) is 7.79. The van der Waals surface area contributed by atoms with Crippen LogP contribution < -0.4 is 0 Å². The van der Waals surface area contributed by atoms with Gasteiger partial charge in [-0.05, 0) is 17.9 Å². The third kappa shape index (κ3) is 2.80. The summed E-state index contributed by atoms with van der Waals surface area (Å²) >= 11 is 5.00. The van der Waals surface area contributed by atoms with Crippen LogP contribution in [0.5, 0.6) is 0 Å². The Hall–Kier alpha value is -0.940. The van der Waals surface area contributed by atoms with Gasteiger partial charge in [-0.1, -0.05) is 46.7 Å². The molecule has 0 saturated heterocycles. The Morgan fingerprint density at radius 2 is 2.00 bits per heavy atom. The Morgan fingerprint density at radius 1 is 1.25 bits per heavy atom. The molecule has 16 heavy (non-hydrogen) atoms. The van der Waals surface area contributed by atoms with Crippen LogP contribution in [-0.4, -0.2) is 20.9 Å². The van der Waals surface area contributed by atoms with E-state index in [0.717, 1.165) is 26.6 Å². The van der Waals surface area contributed by atoms with Crippen molar-refractivity contribution >= 4 is 27.7 Å². The van der Waals surface area contributed by atoms with Crippen molar-refractivity contribution in [2.24, 2.45) is 0 Å². The first-order valence-electron chi connectivity index (χ1n) is 4.88. The highest BCUT2D eigenvalue weighted by Crippen LogP contribution is 2.20. The van der Waals surface area contributed by atoms with Crippen molar-refractivity contribution in [3.8, 4) is 11.3 Å². The fraction of sp³-hybridized carbons (Fsp3) is 0.182. The molecule has 0 amide bonds. The van der Waals surface area contributed by atoms with Crippen LogP contribution in [0.15, 0.2) is 40.1 Å². The number of rotatable bonds is 3. The Morgan fingerprint density at radius 3 is 2.69 bits per heavy atom. The zero-order valence-corrected chi connectivity index (χ0v) is 11.1. The molecule has 3 nitrogen and oxygen atoms in total. The molecule has 0 atom stereocenters. The summed E-state index contributed by atoms with van der Waals surface area (Å²) < 4.78 is 1.06. The first-order valence-corrected chi connectivity index (χ1v) is 6.66. The molecule has 1 heterocycles. The Balaban J connectivity index is 2.32. The van der Waals surface area contributed by atoms with Gasteiger partial charge in [0, 0.05) is 10.0 Å². The number of hydrogen-bond donors (Lipinski definition) is 0. The van der Waals surface area contributed by atoms with Gasteiger partial charge in [0.15, 0.2) is 0 Å². The summed E-state index contributed by atoms with van der Waals surface area (Å²) in [6.07, 6.45) is 1.68. The van der Waals surface area contributed by atoms with Crippen LogP contribution in [0.1, 0.15) is 6.92 Å². The van der Waals surface area contributed by atoms with Gasteiger partial charge in [0.25, 0.3) is 0 Å². The molecule has 0 saturated carbocycles. The lowest BCUT2D eigenvalue weighted by Gasteiger charge is -2.01. The molecule has 0 N–H and O–H groups in total. The van der Waals surface area contributed by atoms with E-state index in [4.69, 9.17) is 0 Å². The summed E-state index contributed by atoms with van der Waals surface area (Å²) in [4.78, 5) is 4.44. The van der Waals surface area contributed by atoms with E-state index in [1.165, 1.54) is 0 Å². The maximum atomic E-state index is 4.44. The van der Waals surface area contributed by atoms with E-state index in [9.17, 15) is 0 Å². The predicted molar refractivity (Wildman–Crippen MR) is 69.4 cm³/mol. The number of benzene rings is 1. The molecule has 0 radical (unpaired) electrons. The van der Waals surface area contributed by atoms with Crippen molar-refractivity contribution in [1.29, 1.82) is 0 Å². The SMILES string of the molecule is CCSc1nncc(-c2ccc(Br)cc2)n1. The summed E-state index contributed by atoms with van der Waals surface area (Å²) in [5, 5.41) is 8.65. The number of hydrogen-bond acceptors (Lipinski definition) is 4. The van der Waals surface area contributed by atoms with Crippen LogP contribution in [-0.2, 0) is 0 Å². The lowest BCUT2D eigenvalue weighted by Crippen LogP contribution is -1.93. The van der Waals surface area contributed by atoms with Crippen LogP contribution in [0.25, 0.3) is 11.3 Å². The maximum Gasteiger partial charge on any atom is 0.209 e. The molecule has 0 spiro atoms. The average Bonchev–Trinajstić information content (AvgIpc) is 2.31. The van der Waals surface area contributed by atoms with Crippen molar-refractivity contribution in [3.63, 3.8) is 0 Å². The van der Waals surface area contributed by atoms with Crippen molar-refractivity contribution in [2.45, 2.75) is 12.1 Å². The predicted octanol–water partition coefficient (Wildman–Crippen LogP) is 3.41. The summed E-state index contributed by atoms with van der Waals surface area (Å²) in [6, 6.07) is 8.00. The lowest BCUT2D eigenvalue weighted by atomic mass is 10.2. The monoisotopic (exact) mass is 295 g/mol. The summed E-state index contributed by atoms with van der Waals surface area (Å²) in [5.74, 6) is 0.950. The fourth-order valence-corrected chi connectivity index (χ4v) is 2.03. The second-order valence-corrected chi connectivity index (χ2v) is 5.21. The fourth-order valence-electron chi connectivity index (χ4n) is 1.24. The van der Waals surface area contributed by atoms with Crippen molar-refractivity contribution in [2.75, 3.05) is 5.75 Å². The van der Waals surface area contributed by atoms with Crippen LogP contribution in [0.2, 0.25) is 0 Å². The van der Waals surface area contributed by atoms with Gasteiger partial charge in [0.05, 0.1) is 11.9 Å². The quantitative estimate of drug-likeness (QED) is 0.814. The third-order valence-electron chi connectivity index (χ3n) is 1.95. The molecule has 0 aliphatic rings. The summed E-state index contributed by atoms with van der Waals surface area (Å²) in [6.45, 7) is 2.07. The number of halogens is 1. The number of nitrogens with zero attached hydrogens (tertiary/aromatic N) is 3. The molecule has 0 unspecified atom stereocenters. The van der Waals surface area contributed by atoms with E-state index in [-0.39, 0.29) is 0 Å². The van der Waals surface area contributed by atoms with E-state index in [0.29, 0.717) is 0 Å². The Bertz CT molecular complexity index is 473. The zero-order chi connectivity index (χ0) is 11.4. The number of thioether (sulfide) groups is 1. The maximum absolute atomic E-state index is 4.44. The van der Waals surface area contributed by atoms with Crippen LogP contribution >= 0.6 is 27.7 Å². The van der Waals surface area contributed by atoms with E-state index >= 15 is 0 Å². The highest BCUT2D eigenvalue weighted by molar-refractivity contribution is 9.10. The molecule has 1 aromatic carbocycles. The van der Waals surface area contributed by atoms with Crippen molar-refractivity contribution in [3.05, 3.63) is 34.9 Å². The van der Waals surface area contributed by atoms with Gasteiger partial charge in [-0.15, -0.1) is 5.10 Å². The van der Waals surface area contributed by atoms with Crippen molar-refractivity contribution in [1.82, 2.24) is 15.2 Å². The largest absolute Gasteiger partial charge is 0.219 e. The second kappa shape index (κ2) is 5.41. The van der Waals surface area contributed by atoms with E-state index in [2.05, 4.69) is 38.0 Å². The molecular formula is C11H10BrN3S. The van der Waals surface area contributed by atoms with Gasteiger partial charge >= 0.3 is 0 Å². The minimum atomic E-state index is 0.725. The minimum absolute atomic E-state index is 0.725. The Labute approximate surface area is 107 Å². The topological polar surface area (TPSA) is 38.7 Å². The standard InChI is InChI=1S/C11H10BrN3S/c1-2-16-11-14-10(7-13-15-11)8-3-5-9(12)6-4-8/h3-7H,2H2,1H3. The molecule has 0 fully saturated rings. The highest BCUT2D eigenvalue weighted by atomic mass is 79.9. The minimum Gasteiger partial charge on any atom is -0.219 e. The van der Waals surface area contributed by atoms with E-state index < -0.39 is 0 Å². The summed E-state index contributed by atoms with van der Waals surface area (Å²) in [7, 11) is 0.